The van der Waals surface area contributed by atoms with Crippen molar-refractivity contribution < 1.29 is 37.5 Å². The number of likely N-dealkylation sites (tertiary alicyclic amines) is 1. The lowest BCUT2D eigenvalue weighted by Gasteiger charge is -2.36. The highest BCUT2D eigenvalue weighted by Crippen LogP contribution is 2.45. The first-order valence-corrected chi connectivity index (χ1v) is 19.9. The first-order chi connectivity index (χ1) is 28.4. The number of rotatable bonds is 9. The normalized spacial score (nSPS) is 21.5. The van der Waals surface area contributed by atoms with Gasteiger partial charge >= 0.3 is 18.1 Å². The highest BCUT2D eigenvalue weighted by molar-refractivity contribution is 6.02. The lowest BCUT2D eigenvalue weighted by Crippen LogP contribution is -2.59. The molecule has 15 heteroatoms. The minimum Gasteiger partial charge on any atom is -0.453 e. The van der Waals surface area contributed by atoms with Crippen molar-refractivity contribution in [3.63, 3.8) is 0 Å². The van der Waals surface area contributed by atoms with Crippen LogP contribution in [-0.2, 0) is 31.9 Å². The van der Waals surface area contributed by atoms with E-state index in [1.165, 1.54) is 20.3 Å². The Labute approximate surface area is 341 Å². The van der Waals surface area contributed by atoms with Crippen LogP contribution >= 0.6 is 0 Å². The molecule has 0 radical (unpaired) electrons. The Morgan fingerprint density at radius 1 is 0.881 bits per heavy atom. The number of para-hydroxylation sites is 1. The van der Waals surface area contributed by atoms with Crippen molar-refractivity contribution in [2.45, 2.75) is 70.1 Å². The van der Waals surface area contributed by atoms with Crippen molar-refractivity contribution in [3.8, 4) is 33.6 Å². The number of aromatic amines is 2. The summed E-state index contributed by atoms with van der Waals surface area (Å²) >= 11 is 0. The van der Waals surface area contributed by atoms with Crippen molar-refractivity contribution in [2.24, 2.45) is 5.92 Å². The van der Waals surface area contributed by atoms with Gasteiger partial charge in [0.25, 0.3) is 0 Å². The zero-order valence-corrected chi connectivity index (χ0v) is 33.7. The number of carbonyl (C=O) groups is 4. The molecule has 1 saturated heterocycles. The zero-order chi connectivity index (χ0) is 41.6. The fourth-order valence-electron chi connectivity index (χ4n) is 8.98. The smallest absolute Gasteiger partial charge is 0.407 e. The molecule has 14 nitrogen and oxygen atoms in total. The number of benzene rings is 3. The summed E-state index contributed by atoms with van der Waals surface area (Å²) in [6.45, 7) is 4.43. The summed E-state index contributed by atoms with van der Waals surface area (Å²) in [5.41, 5.74) is 6.90. The Hall–Kier alpha value is -6.35. The maximum Gasteiger partial charge on any atom is 0.407 e. The summed E-state index contributed by atoms with van der Waals surface area (Å²) in [7, 11) is 4.46. The molecule has 1 fully saturated rings. The van der Waals surface area contributed by atoms with Gasteiger partial charge in [0.1, 0.15) is 23.7 Å². The van der Waals surface area contributed by atoms with Crippen LogP contribution in [0.3, 0.4) is 0 Å². The van der Waals surface area contributed by atoms with Crippen molar-refractivity contribution in [2.75, 3.05) is 32.7 Å². The highest BCUT2D eigenvalue weighted by atomic mass is 19.1. The van der Waals surface area contributed by atoms with E-state index in [9.17, 15) is 19.2 Å². The van der Waals surface area contributed by atoms with E-state index in [1.54, 1.807) is 23.4 Å². The second kappa shape index (κ2) is 15.8. The number of likely N-dealkylation sites (N-methyl/N-ethyl adjacent to an activating group) is 1. The second-order valence-corrected chi connectivity index (χ2v) is 16.1. The molecule has 0 bridgehead atoms. The Morgan fingerprint density at radius 3 is 2.29 bits per heavy atom. The molecule has 3 aromatic carbocycles. The Bertz CT molecular complexity index is 2430. The number of aromatic nitrogens is 4. The van der Waals surface area contributed by atoms with Gasteiger partial charge in [0.15, 0.2) is 11.9 Å². The van der Waals surface area contributed by atoms with E-state index >= 15 is 4.39 Å². The molecule has 8 rings (SSSR count). The van der Waals surface area contributed by atoms with Crippen molar-refractivity contribution >= 4 is 29.7 Å². The van der Waals surface area contributed by atoms with Gasteiger partial charge in [-0.05, 0) is 58.7 Å². The number of nitrogens with zero attached hydrogens (tertiary/aromatic N) is 4. The van der Waals surface area contributed by atoms with Gasteiger partial charge in [0.2, 0.25) is 5.91 Å². The molecular formula is C44H48FN8O6+. The van der Waals surface area contributed by atoms with Gasteiger partial charge < -0.3 is 30.1 Å². The molecule has 0 saturated carbocycles. The Morgan fingerprint density at radius 2 is 1.56 bits per heavy atom. The Kier molecular flexibility index (Phi) is 10.6. The van der Waals surface area contributed by atoms with Crippen LogP contribution in [0.15, 0.2) is 73.1 Å². The van der Waals surface area contributed by atoms with E-state index in [0.717, 1.165) is 46.5 Å². The summed E-state index contributed by atoms with van der Waals surface area (Å²) in [4.78, 5) is 69.8. The lowest BCUT2D eigenvalue weighted by molar-refractivity contribution is -0.854. The fourth-order valence-corrected chi connectivity index (χ4v) is 8.98. The topological polar surface area (TPSA) is 171 Å². The summed E-state index contributed by atoms with van der Waals surface area (Å²) in [6, 6.07) is 16.7. The van der Waals surface area contributed by atoms with E-state index in [-0.39, 0.29) is 28.3 Å². The number of hydrogen-bond acceptors (Lipinski definition) is 8. The predicted molar refractivity (Wildman–Crippen MR) is 217 cm³/mol. The maximum atomic E-state index is 15.9. The van der Waals surface area contributed by atoms with Gasteiger partial charge in [0.05, 0.1) is 63.3 Å². The average molecular weight is 804 g/mol. The van der Waals surface area contributed by atoms with Crippen molar-refractivity contribution in [3.05, 3.63) is 102 Å². The Balaban J connectivity index is 0.980. The first kappa shape index (κ1) is 39.5. The molecule has 5 atom stereocenters. The van der Waals surface area contributed by atoms with E-state index in [2.05, 4.69) is 25.6 Å². The number of imidazole rings is 2. The monoisotopic (exact) mass is 803 g/mol. The number of H-pyrrole nitrogens is 2. The van der Waals surface area contributed by atoms with Gasteiger partial charge in [-0.2, -0.15) is 0 Å². The number of hydrogen-bond donors (Lipinski definition) is 4. The number of aryl methyl sites for hydroxylation is 1. The maximum absolute atomic E-state index is 15.9. The fraction of sp³-hybridized carbons (Fsp3) is 0.364. The number of ether oxygens (including phenoxy) is 2. The molecule has 2 aromatic heterocycles. The number of halogens is 1. The SMILES string of the molecule is COC(=O)NC1CCc2cccc3c2N(C1=O)C(c1ncc(-c2ccc(-c4ccc(-c5cnc(C6CCC[N+]6(C)C(=O)C(NC(=O)OC)C(C)C)[nH]5)cc4)cc2F)[nH]1)C3. The van der Waals surface area contributed by atoms with Crippen LogP contribution in [0.4, 0.5) is 19.7 Å². The number of amides is 4. The third-order valence-electron chi connectivity index (χ3n) is 12.2. The number of anilines is 1. The molecule has 59 heavy (non-hydrogen) atoms. The first-order valence-electron chi connectivity index (χ1n) is 19.9. The van der Waals surface area contributed by atoms with E-state index in [0.29, 0.717) is 54.3 Å². The van der Waals surface area contributed by atoms with Gasteiger partial charge in [0, 0.05) is 24.8 Å². The largest absolute Gasteiger partial charge is 0.453 e. The van der Waals surface area contributed by atoms with Crippen LogP contribution < -0.4 is 15.5 Å². The van der Waals surface area contributed by atoms with Crippen molar-refractivity contribution in [1.29, 1.82) is 0 Å². The zero-order valence-electron chi connectivity index (χ0n) is 33.7. The van der Waals surface area contributed by atoms with Gasteiger partial charge in [-0.25, -0.2) is 28.7 Å². The third-order valence-corrected chi connectivity index (χ3v) is 12.2. The molecule has 0 aliphatic carbocycles. The molecule has 4 N–H and O–H groups in total. The quantitative estimate of drug-likeness (QED) is 0.118. The number of alkyl carbamates (subject to hydrolysis) is 2. The lowest BCUT2D eigenvalue weighted by atomic mass is 10.0. The minimum absolute atomic E-state index is 0.0850. The van der Waals surface area contributed by atoms with Crippen LogP contribution in [-0.4, -0.2) is 88.3 Å². The van der Waals surface area contributed by atoms with Crippen LogP contribution in [0.5, 0.6) is 0 Å². The number of quaternary nitrogens is 1. The van der Waals surface area contributed by atoms with Crippen LogP contribution in [0.25, 0.3) is 33.6 Å². The molecular weight excluding hydrogens is 756 g/mol. The number of methoxy groups -OCH3 is 2. The minimum atomic E-state index is -0.763. The summed E-state index contributed by atoms with van der Waals surface area (Å²) in [5.74, 6) is 0.339. The number of nitrogens with one attached hydrogen (secondary N) is 4. The van der Waals surface area contributed by atoms with Crippen LogP contribution in [0, 0.1) is 11.7 Å². The average Bonchev–Trinajstić information content (AvgIpc) is 4.05. The summed E-state index contributed by atoms with van der Waals surface area (Å²) in [5, 5.41) is 5.42. The molecule has 3 aliphatic rings. The molecule has 5 aromatic rings. The van der Waals surface area contributed by atoms with E-state index in [1.807, 2.05) is 69.4 Å². The molecule has 0 spiro atoms. The highest BCUT2D eigenvalue weighted by Gasteiger charge is 2.50. The molecule has 5 unspecified atom stereocenters. The van der Waals surface area contributed by atoms with E-state index < -0.39 is 36.1 Å². The second-order valence-electron chi connectivity index (χ2n) is 16.1. The van der Waals surface area contributed by atoms with Gasteiger partial charge in [-0.3, -0.25) is 14.2 Å². The standard InChI is InChI=1S/C44H47FN8O6/c1-24(2)37(51-44(57)59-5)42(55)53(3)19-7-10-36(53)40-47-22-33(48-40)26-13-11-25(12-14-26)28-15-17-30(31(45)20-28)34-23-46-39(49-34)35-21-29-9-6-8-27-16-18-32(50-43(56)58-4)41(54)52(35)38(27)29/h6,8-9,11-15,17,20,22-24,32,35-37H,7,10,16,18-19,21H2,1-5H3,(H3-,46,47,48,49,50,51,56,57)/p+1. The third kappa shape index (κ3) is 7.24. The summed E-state index contributed by atoms with van der Waals surface area (Å²) in [6.07, 6.45) is 5.22. The van der Waals surface area contributed by atoms with E-state index in [4.69, 9.17) is 14.5 Å². The molecule has 5 heterocycles. The van der Waals surface area contributed by atoms with Gasteiger partial charge in [-0.15, -0.1) is 0 Å². The molecule has 306 valence electrons. The summed E-state index contributed by atoms with van der Waals surface area (Å²) < 4.78 is 25.6. The van der Waals surface area contributed by atoms with Crippen LogP contribution in [0.1, 0.15) is 68.0 Å². The molecule has 4 amide bonds. The predicted octanol–water partition coefficient (Wildman–Crippen LogP) is 6.76. The molecule has 3 aliphatic heterocycles. The van der Waals surface area contributed by atoms with Crippen LogP contribution in [0.2, 0.25) is 0 Å². The van der Waals surface area contributed by atoms with Crippen molar-refractivity contribution in [1.82, 2.24) is 30.6 Å². The van der Waals surface area contributed by atoms with Gasteiger partial charge in [-0.1, -0.05) is 62.4 Å². The number of carbonyl (C=O) groups excluding carboxylic acids is 4.